The van der Waals surface area contributed by atoms with E-state index in [0.717, 1.165) is 55.6 Å². The molecule has 0 atom stereocenters. The second-order valence-electron chi connectivity index (χ2n) is 7.60. The van der Waals surface area contributed by atoms with Gasteiger partial charge in [0.15, 0.2) is 0 Å². The number of hydrogen-bond donors (Lipinski definition) is 1. The molecule has 0 spiro atoms. The molecule has 0 radical (unpaired) electrons. The molecule has 2 aromatic heterocycles. The lowest BCUT2D eigenvalue weighted by Gasteiger charge is -2.23. The fraction of sp³-hybridized carbons (Fsp3) is 0.417. The number of hydrogen-bond acceptors (Lipinski definition) is 6. The molecule has 1 amide bonds. The first-order valence-electron chi connectivity index (χ1n) is 10.9. The summed E-state index contributed by atoms with van der Waals surface area (Å²) >= 11 is 0. The van der Waals surface area contributed by atoms with Crippen LogP contribution in [0.2, 0.25) is 0 Å². The fourth-order valence-corrected chi connectivity index (χ4v) is 3.52. The molecule has 1 aliphatic carbocycles. The third-order valence-electron chi connectivity index (χ3n) is 5.23. The lowest BCUT2D eigenvalue weighted by atomic mass is 10.2. The topological polar surface area (TPSA) is 79.7 Å². The van der Waals surface area contributed by atoms with E-state index in [9.17, 15) is 4.79 Å². The van der Waals surface area contributed by atoms with Crippen LogP contribution >= 0.6 is 0 Å². The Bertz CT molecular complexity index is 903. The first-order chi connectivity index (χ1) is 15.1. The van der Waals surface area contributed by atoms with Crippen molar-refractivity contribution in [1.29, 1.82) is 0 Å². The van der Waals surface area contributed by atoms with Crippen molar-refractivity contribution in [1.82, 2.24) is 15.3 Å². The number of methoxy groups -OCH3 is 1. The molecule has 2 heterocycles. The van der Waals surface area contributed by atoms with Gasteiger partial charge in [-0.2, -0.15) is 5.10 Å². The molecule has 164 valence electrons. The number of rotatable bonds is 9. The number of unbranched alkanes of at least 4 members (excludes halogenated alkanes) is 1. The highest BCUT2D eigenvalue weighted by Gasteiger charge is 2.21. The van der Waals surface area contributed by atoms with Crippen molar-refractivity contribution in [2.24, 2.45) is 5.10 Å². The second kappa shape index (κ2) is 11.2. The van der Waals surface area contributed by atoms with Gasteiger partial charge in [-0.25, -0.2) is 9.99 Å². The van der Waals surface area contributed by atoms with Crippen LogP contribution in [0.25, 0.3) is 5.70 Å². The Balaban J connectivity index is 1.98. The molecule has 7 heteroatoms. The van der Waals surface area contributed by atoms with E-state index in [1.54, 1.807) is 37.5 Å². The number of ether oxygens (including phenoxy) is 1. The van der Waals surface area contributed by atoms with Crippen molar-refractivity contribution >= 4 is 23.0 Å². The predicted octanol–water partition coefficient (Wildman–Crippen LogP) is 4.57. The summed E-state index contributed by atoms with van der Waals surface area (Å²) in [6, 6.07) is 9.65. The van der Waals surface area contributed by atoms with Crippen LogP contribution in [-0.4, -0.2) is 34.7 Å². The maximum Gasteiger partial charge on any atom is 0.267 e. The summed E-state index contributed by atoms with van der Waals surface area (Å²) in [5, 5.41) is 9.58. The molecule has 0 aromatic carbocycles. The van der Waals surface area contributed by atoms with Crippen LogP contribution in [0.1, 0.15) is 58.1 Å². The van der Waals surface area contributed by atoms with Gasteiger partial charge in [0.05, 0.1) is 30.4 Å². The van der Waals surface area contributed by atoms with E-state index in [-0.39, 0.29) is 11.9 Å². The molecule has 0 aliphatic heterocycles. The Hall–Kier alpha value is -3.22. The van der Waals surface area contributed by atoms with Crippen molar-refractivity contribution in [3.8, 4) is 5.88 Å². The Morgan fingerprint density at radius 2 is 2.06 bits per heavy atom. The number of nitrogens with one attached hydrogen (secondary N) is 1. The molecule has 0 bridgehead atoms. The zero-order valence-corrected chi connectivity index (χ0v) is 18.5. The molecule has 1 N–H and O–H groups in total. The Labute approximate surface area is 184 Å². The van der Waals surface area contributed by atoms with E-state index >= 15 is 0 Å². The number of carbonyl (C=O) groups excluding carboxylic acids is 1. The highest BCUT2D eigenvalue weighted by molar-refractivity contribution is 6.38. The number of anilines is 1. The average molecular weight is 422 g/mol. The van der Waals surface area contributed by atoms with Gasteiger partial charge in [0.1, 0.15) is 5.71 Å². The van der Waals surface area contributed by atoms with E-state index in [1.165, 1.54) is 0 Å². The highest BCUT2D eigenvalue weighted by Crippen LogP contribution is 2.27. The van der Waals surface area contributed by atoms with E-state index in [0.29, 0.717) is 11.6 Å². The number of nitrogens with zero attached hydrogens (tertiary/aromatic N) is 4. The van der Waals surface area contributed by atoms with Crippen LogP contribution in [0.4, 0.5) is 5.69 Å². The molecule has 1 saturated carbocycles. The maximum atomic E-state index is 12.8. The van der Waals surface area contributed by atoms with Crippen molar-refractivity contribution in [2.75, 3.05) is 12.1 Å². The maximum absolute atomic E-state index is 12.8. The smallest absolute Gasteiger partial charge is 0.267 e. The first kappa shape index (κ1) is 22.5. The quantitative estimate of drug-likeness (QED) is 0.474. The van der Waals surface area contributed by atoms with Crippen LogP contribution in [0, 0.1) is 0 Å². The number of pyridine rings is 2. The predicted molar refractivity (Wildman–Crippen MR) is 124 cm³/mol. The van der Waals surface area contributed by atoms with Gasteiger partial charge in [-0.3, -0.25) is 9.78 Å². The molecular weight excluding hydrogens is 390 g/mol. The number of amides is 1. The minimum atomic E-state index is -0.144. The summed E-state index contributed by atoms with van der Waals surface area (Å²) in [5.41, 5.74) is 2.70. The summed E-state index contributed by atoms with van der Waals surface area (Å²) in [4.78, 5) is 21.7. The van der Waals surface area contributed by atoms with E-state index < -0.39 is 0 Å². The fourth-order valence-electron chi connectivity index (χ4n) is 3.52. The second-order valence-corrected chi connectivity index (χ2v) is 7.60. The zero-order chi connectivity index (χ0) is 22.1. The molecule has 7 nitrogen and oxygen atoms in total. The lowest BCUT2D eigenvalue weighted by Crippen LogP contribution is -2.37. The van der Waals surface area contributed by atoms with Crippen LogP contribution in [0.15, 0.2) is 53.9 Å². The van der Waals surface area contributed by atoms with E-state index in [1.807, 2.05) is 24.3 Å². The number of carbonyl (C=O) groups is 1. The zero-order valence-electron chi connectivity index (χ0n) is 18.5. The SMILES string of the molecule is CCC/C=C(\c1ccccn1)N(/N=C(\C)C(=O)NC1CCCC1)c1ccc(OC)nc1. The highest BCUT2D eigenvalue weighted by atomic mass is 16.5. The molecule has 0 saturated heterocycles. The van der Waals surface area contributed by atoms with Crippen LogP contribution < -0.4 is 15.1 Å². The summed E-state index contributed by atoms with van der Waals surface area (Å²) < 4.78 is 5.20. The van der Waals surface area contributed by atoms with Gasteiger partial charge in [0, 0.05) is 18.3 Å². The van der Waals surface area contributed by atoms with Gasteiger partial charge in [-0.15, -0.1) is 0 Å². The van der Waals surface area contributed by atoms with Gasteiger partial charge in [0.2, 0.25) is 5.88 Å². The van der Waals surface area contributed by atoms with Gasteiger partial charge < -0.3 is 10.1 Å². The lowest BCUT2D eigenvalue weighted by molar-refractivity contribution is -0.115. The van der Waals surface area contributed by atoms with Crippen molar-refractivity contribution in [3.63, 3.8) is 0 Å². The third kappa shape index (κ3) is 6.13. The molecule has 1 aliphatic rings. The summed E-state index contributed by atoms with van der Waals surface area (Å²) in [7, 11) is 1.58. The Morgan fingerprint density at radius 1 is 1.26 bits per heavy atom. The third-order valence-corrected chi connectivity index (χ3v) is 5.23. The molecule has 31 heavy (non-hydrogen) atoms. The van der Waals surface area contributed by atoms with E-state index in [4.69, 9.17) is 9.84 Å². The molecule has 0 unspecified atom stereocenters. The normalized spacial score (nSPS) is 15.1. The van der Waals surface area contributed by atoms with E-state index in [2.05, 4.69) is 28.3 Å². The van der Waals surface area contributed by atoms with Gasteiger partial charge in [-0.05, 0) is 44.4 Å². The van der Waals surface area contributed by atoms with Crippen LogP contribution in [0.3, 0.4) is 0 Å². The average Bonchev–Trinajstić information content (AvgIpc) is 3.32. The summed E-state index contributed by atoms with van der Waals surface area (Å²) in [5.74, 6) is 0.370. The number of allylic oxidation sites excluding steroid dienone is 1. The first-order valence-corrected chi connectivity index (χ1v) is 10.9. The largest absolute Gasteiger partial charge is 0.481 e. The van der Waals surface area contributed by atoms with Crippen LogP contribution in [0.5, 0.6) is 5.88 Å². The standard InChI is InChI=1S/C24H31N5O2/c1-4-5-13-22(21-12-8-9-16-25-21)29(20-14-15-23(31-3)26-17-20)28-18(2)24(30)27-19-10-6-7-11-19/h8-9,12-17,19H,4-7,10-11H2,1-3H3,(H,27,30)/b22-13+,28-18+. The van der Waals surface area contributed by atoms with Gasteiger partial charge in [-0.1, -0.05) is 38.3 Å². The van der Waals surface area contributed by atoms with Gasteiger partial charge >= 0.3 is 0 Å². The Morgan fingerprint density at radius 3 is 2.68 bits per heavy atom. The molecular formula is C24H31N5O2. The molecule has 1 fully saturated rings. The van der Waals surface area contributed by atoms with Crippen LogP contribution in [-0.2, 0) is 4.79 Å². The summed E-state index contributed by atoms with van der Waals surface area (Å²) in [6.07, 6.45) is 11.8. The van der Waals surface area contributed by atoms with Crippen molar-refractivity contribution in [3.05, 3.63) is 54.5 Å². The minimum absolute atomic E-state index is 0.144. The molecule has 2 aromatic rings. The number of aromatic nitrogens is 2. The minimum Gasteiger partial charge on any atom is -0.481 e. The van der Waals surface area contributed by atoms with Gasteiger partial charge in [0.25, 0.3) is 5.91 Å². The van der Waals surface area contributed by atoms with Crippen molar-refractivity contribution in [2.45, 2.75) is 58.4 Å². The molecule has 3 rings (SSSR count). The number of hydrazone groups is 1. The monoisotopic (exact) mass is 421 g/mol. The Kier molecular flexibility index (Phi) is 8.15. The van der Waals surface area contributed by atoms with Crippen molar-refractivity contribution < 1.29 is 9.53 Å². The summed E-state index contributed by atoms with van der Waals surface area (Å²) in [6.45, 7) is 3.86.